The van der Waals surface area contributed by atoms with E-state index in [0.29, 0.717) is 17.8 Å². The van der Waals surface area contributed by atoms with Crippen molar-refractivity contribution in [2.45, 2.75) is 12.5 Å². The fraction of sp³-hybridized carbons (Fsp3) is 0.350. The quantitative estimate of drug-likeness (QED) is 0.688. The van der Waals surface area contributed by atoms with Gasteiger partial charge in [-0.05, 0) is 56.9 Å². The Morgan fingerprint density at radius 1 is 1.11 bits per heavy atom. The number of anilines is 1. The molecule has 0 spiro atoms. The van der Waals surface area contributed by atoms with E-state index in [2.05, 4.69) is 39.0 Å². The molecular formula is C20H23N5O2. The number of hydrogen-bond acceptors (Lipinski definition) is 7. The van der Waals surface area contributed by atoms with Crippen molar-refractivity contribution in [3.8, 4) is 28.6 Å². The SMILES string of the molecule is COc1ccc(-c2noc(-c3ccc(N4CCC(N(C)C)C4)nc3)n2)cc1. The lowest BCUT2D eigenvalue weighted by Gasteiger charge is -2.21. The minimum Gasteiger partial charge on any atom is -0.497 e. The molecule has 2 aromatic heterocycles. The molecule has 27 heavy (non-hydrogen) atoms. The highest BCUT2D eigenvalue weighted by atomic mass is 16.5. The lowest BCUT2D eigenvalue weighted by Crippen LogP contribution is -2.31. The topological polar surface area (TPSA) is 67.5 Å². The van der Waals surface area contributed by atoms with Gasteiger partial charge >= 0.3 is 0 Å². The van der Waals surface area contributed by atoms with Crippen molar-refractivity contribution >= 4 is 5.82 Å². The lowest BCUT2D eigenvalue weighted by atomic mass is 10.2. The molecular weight excluding hydrogens is 342 g/mol. The molecule has 1 aromatic carbocycles. The second-order valence-electron chi connectivity index (χ2n) is 6.91. The van der Waals surface area contributed by atoms with E-state index in [-0.39, 0.29) is 0 Å². The maximum Gasteiger partial charge on any atom is 0.259 e. The van der Waals surface area contributed by atoms with Crippen LogP contribution in [0.3, 0.4) is 0 Å². The standard InChI is InChI=1S/C20H23N5O2/c1-24(2)16-10-11-25(13-16)18-9-6-15(12-21-18)20-22-19(23-27-20)14-4-7-17(26-3)8-5-14/h4-9,12,16H,10-11,13H2,1-3H3. The normalized spacial score (nSPS) is 16.9. The number of benzene rings is 1. The molecule has 1 saturated heterocycles. The fourth-order valence-electron chi connectivity index (χ4n) is 3.27. The van der Waals surface area contributed by atoms with Gasteiger partial charge in [0.25, 0.3) is 5.89 Å². The summed E-state index contributed by atoms with van der Waals surface area (Å²) in [5.41, 5.74) is 1.69. The number of methoxy groups -OCH3 is 1. The Kier molecular flexibility index (Phi) is 4.77. The van der Waals surface area contributed by atoms with E-state index in [4.69, 9.17) is 9.26 Å². The Morgan fingerprint density at radius 2 is 1.89 bits per heavy atom. The molecule has 1 fully saturated rings. The van der Waals surface area contributed by atoms with E-state index in [1.165, 1.54) is 0 Å². The van der Waals surface area contributed by atoms with E-state index in [0.717, 1.165) is 42.2 Å². The molecule has 4 rings (SSSR count). The molecule has 1 atom stereocenters. The van der Waals surface area contributed by atoms with Crippen LogP contribution in [0.1, 0.15) is 6.42 Å². The van der Waals surface area contributed by atoms with Crippen LogP contribution in [-0.2, 0) is 0 Å². The molecule has 0 aliphatic carbocycles. The molecule has 3 heterocycles. The van der Waals surface area contributed by atoms with Gasteiger partial charge in [-0.3, -0.25) is 0 Å². The third kappa shape index (κ3) is 3.64. The number of likely N-dealkylation sites (N-methyl/N-ethyl adjacent to an activating group) is 1. The first-order valence-electron chi connectivity index (χ1n) is 9.00. The third-order valence-electron chi connectivity index (χ3n) is 4.99. The van der Waals surface area contributed by atoms with Gasteiger partial charge in [0, 0.05) is 30.9 Å². The predicted molar refractivity (Wildman–Crippen MR) is 104 cm³/mol. The highest BCUT2D eigenvalue weighted by Gasteiger charge is 2.24. The summed E-state index contributed by atoms with van der Waals surface area (Å²) in [4.78, 5) is 13.7. The van der Waals surface area contributed by atoms with Crippen LogP contribution in [0.2, 0.25) is 0 Å². The molecule has 7 nitrogen and oxygen atoms in total. The number of pyridine rings is 1. The van der Waals surface area contributed by atoms with Crippen LogP contribution in [0.5, 0.6) is 5.75 Å². The van der Waals surface area contributed by atoms with E-state index >= 15 is 0 Å². The molecule has 1 aliphatic rings. The number of rotatable bonds is 5. The average Bonchev–Trinajstić information content (AvgIpc) is 3.38. The molecule has 140 valence electrons. The van der Waals surface area contributed by atoms with Gasteiger partial charge in [0.05, 0.1) is 12.7 Å². The molecule has 0 saturated carbocycles. The molecule has 0 N–H and O–H groups in total. The molecule has 1 aliphatic heterocycles. The van der Waals surface area contributed by atoms with Gasteiger partial charge in [-0.2, -0.15) is 4.98 Å². The number of hydrogen-bond donors (Lipinski definition) is 0. The average molecular weight is 365 g/mol. The van der Waals surface area contributed by atoms with Crippen LogP contribution in [0.25, 0.3) is 22.8 Å². The van der Waals surface area contributed by atoms with Crippen molar-refractivity contribution in [2.75, 3.05) is 39.2 Å². The third-order valence-corrected chi connectivity index (χ3v) is 4.99. The number of nitrogens with zero attached hydrogens (tertiary/aromatic N) is 5. The first-order chi connectivity index (χ1) is 13.1. The van der Waals surface area contributed by atoms with Crippen LogP contribution in [0.15, 0.2) is 47.1 Å². The van der Waals surface area contributed by atoms with Crippen LogP contribution in [0.4, 0.5) is 5.82 Å². The van der Waals surface area contributed by atoms with Gasteiger partial charge in [-0.15, -0.1) is 0 Å². The molecule has 7 heteroatoms. The van der Waals surface area contributed by atoms with Gasteiger partial charge in [0.1, 0.15) is 11.6 Å². The van der Waals surface area contributed by atoms with E-state index in [1.54, 1.807) is 13.3 Å². The summed E-state index contributed by atoms with van der Waals surface area (Å²) in [7, 11) is 5.89. The zero-order valence-electron chi connectivity index (χ0n) is 15.8. The highest BCUT2D eigenvalue weighted by molar-refractivity contribution is 5.61. The van der Waals surface area contributed by atoms with Crippen LogP contribution in [-0.4, -0.2) is 60.4 Å². The lowest BCUT2D eigenvalue weighted by molar-refractivity contribution is 0.315. The van der Waals surface area contributed by atoms with Gasteiger partial charge < -0.3 is 19.1 Å². The maximum absolute atomic E-state index is 5.42. The smallest absolute Gasteiger partial charge is 0.259 e. The van der Waals surface area contributed by atoms with Crippen LogP contribution in [0, 0.1) is 0 Å². The zero-order chi connectivity index (χ0) is 18.8. The van der Waals surface area contributed by atoms with Crippen molar-refractivity contribution in [1.29, 1.82) is 0 Å². The second kappa shape index (κ2) is 7.36. The Morgan fingerprint density at radius 3 is 2.52 bits per heavy atom. The largest absolute Gasteiger partial charge is 0.497 e. The zero-order valence-corrected chi connectivity index (χ0v) is 15.8. The van der Waals surface area contributed by atoms with E-state index in [1.807, 2.05) is 36.4 Å². The molecule has 0 bridgehead atoms. The van der Waals surface area contributed by atoms with Crippen molar-refractivity contribution < 1.29 is 9.26 Å². The Hall–Kier alpha value is -2.93. The molecule has 0 radical (unpaired) electrons. The maximum atomic E-state index is 5.42. The minimum absolute atomic E-state index is 0.465. The summed E-state index contributed by atoms with van der Waals surface area (Å²) < 4.78 is 10.6. The van der Waals surface area contributed by atoms with Crippen LogP contribution < -0.4 is 9.64 Å². The number of ether oxygens (including phenoxy) is 1. The summed E-state index contributed by atoms with van der Waals surface area (Å²) in [6.07, 6.45) is 2.95. The minimum atomic E-state index is 0.465. The summed E-state index contributed by atoms with van der Waals surface area (Å²) in [6.45, 7) is 2.03. The summed E-state index contributed by atoms with van der Waals surface area (Å²) >= 11 is 0. The Balaban J connectivity index is 1.49. The van der Waals surface area contributed by atoms with E-state index < -0.39 is 0 Å². The molecule has 0 amide bonds. The number of aromatic nitrogens is 3. The Bertz CT molecular complexity index is 889. The fourth-order valence-corrected chi connectivity index (χ4v) is 3.27. The summed E-state index contributed by atoms with van der Waals surface area (Å²) in [5.74, 6) is 2.79. The van der Waals surface area contributed by atoms with Gasteiger partial charge in [-0.1, -0.05) is 5.16 Å². The van der Waals surface area contributed by atoms with Gasteiger partial charge in [0.15, 0.2) is 0 Å². The van der Waals surface area contributed by atoms with Gasteiger partial charge in [0.2, 0.25) is 5.82 Å². The summed E-state index contributed by atoms with van der Waals surface area (Å²) in [5, 5.41) is 4.08. The van der Waals surface area contributed by atoms with Crippen LogP contribution >= 0.6 is 0 Å². The monoisotopic (exact) mass is 365 g/mol. The van der Waals surface area contributed by atoms with Gasteiger partial charge in [-0.25, -0.2) is 4.98 Å². The van der Waals surface area contributed by atoms with Crippen molar-refractivity contribution in [1.82, 2.24) is 20.0 Å². The molecule has 3 aromatic rings. The first-order valence-corrected chi connectivity index (χ1v) is 9.00. The van der Waals surface area contributed by atoms with Crippen molar-refractivity contribution in [3.63, 3.8) is 0 Å². The van der Waals surface area contributed by atoms with Crippen molar-refractivity contribution in [2.24, 2.45) is 0 Å². The van der Waals surface area contributed by atoms with E-state index in [9.17, 15) is 0 Å². The first kappa shape index (κ1) is 17.5. The predicted octanol–water partition coefficient (Wildman–Crippen LogP) is 2.95. The molecule has 1 unspecified atom stereocenters. The highest BCUT2D eigenvalue weighted by Crippen LogP contribution is 2.26. The second-order valence-corrected chi connectivity index (χ2v) is 6.91. The summed E-state index contributed by atoms with van der Waals surface area (Å²) in [6, 6.07) is 12.1. The Labute approximate surface area is 158 Å². The van der Waals surface area contributed by atoms with Crippen molar-refractivity contribution in [3.05, 3.63) is 42.6 Å².